The number of carbonyl (C=O) groups is 2. The van der Waals surface area contributed by atoms with Crippen LogP contribution in [0, 0.1) is 12.8 Å². The van der Waals surface area contributed by atoms with Crippen molar-refractivity contribution in [3.8, 4) is 5.75 Å². The molecule has 1 aromatic carbocycles. The molecule has 0 fully saturated rings. The lowest BCUT2D eigenvalue weighted by Crippen LogP contribution is -2.30. The lowest BCUT2D eigenvalue weighted by molar-refractivity contribution is -0.130. The fraction of sp³-hybridized carbons (Fsp3) is 0.364. The summed E-state index contributed by atoms with van der Waals surface area (Å²) in [6, 6.07) is 10.1. The van der Waals surface area contributed by atoms with E-state index < -0.39 is 17.7 Å². The average Bonchev–Trinajstić information content (AvgIpc) is 3.18. The van der Waals surface area contributed by atoms with Crippen LogP contribution < -0.4 is 4.74 Å². The zero-order chi connectivity index (χ0) is 20.4. The summed E-state index contributed by atoms with van der Waals surface area (Å²) in [5.41, 5.74) is 0.967. The molecule has 1 aliphatic heterocycles. The van der Waals surface area contributed by atoms with E-state index in [2.05, 4.69) is 0 Å². The van der Waals surface area contributed by atoms with Gasteiger partial charge < -0.3 is 19.2 Å². The van der Waals surface area contributed by atoms with Crippen molar-refractivity contribution in [2.24, 2.45) is 5.92 Å². The molecule has 1 atom stereocenters. The summed E-state index contributed by atoms with van der Waals surface area (Å²) in [5, 5.41) is 10.5. The Morgan fingerprint density at radius 2 is 1.89 bits per heavy atom. The molecule has 0 aliphatic carbocycles. The lowest BCUT2D eigenvalue weighted by atomic mass is 9.95. The van der Waals surface area contributed by atoms with E-state index in [1.54, 1.807) is 38.3 Å². The molecule has 1 amide bonds. The molecule has 0 saturated carbocycles. The van der Waals surface area contributed by atoms with Gasteiger partial charge in [0.25, 0.3) is 5.91 Å². The molecule has 148 valence electrons. The van der Waals surface area contributed by atoms with Gasteiger partial charge in [0, 0.05) is 13.0 Å². The summed E-state index contributed by atoms with van der Waals surface area (Å²) in [7, 11) is 1.59. The van der Waals surface area contributed by atoms with Crippen molar-refractivity contribution in [3.63, 3.8) is 0 Å². The fourth-order valence-corrected chi connectivity index (χ4v) is 3.41. The van der Waals surface area contributed by atoms with E-state index in [4.69, 9.17) is 9.15 Å². The standard InChI is InChI=1S/C22H25NO5/c1-13(2)11-17(24)19-20(18-10-5-14(3)28-18)23(22(26)21(19)25)12-15-6-8-16(27-4)9-7-15/h5-10,13,20,25H,11-12H2,1-4H3. The van der Waals surface area contributed by atoms with Gasteiger partial charge in [-0.3, -0.25) is 9.59 Å². The third kappa shape index (κ3) is 3.81. The second kappa shape index (κ2) is 7.92. The highest BCUT2D eigenvalue weighted by Gasteiger charge is 2.44. The van der Waals surface area contributed by atoms with Gasteiger partial charge in [-0.2, -0.15) is 0 Å². The van der Waals surface area contributed by atoms with E-state index in [0.717, 1.165) is 5.56 Å². The van der Waals surface area contributed by atoms with E-state index in [1.807, 2.05) is 26.0 Å². The molecule has 1 unspecified atom stereocenters. The van der Waals surface area contributed by atoms with Crippen molar-refractivity contribution >= 4 is 11.7 Å². The number of benzene rings is 1. The molecule has 6 heteroatoms. The number of aliphatic hydroxyl groups excluding tert-OH is 1. The van der Waals surface area contributed by atoms with Gasteiger partial charge >= 0.3 is 0 Å². The lowest BCUT2D eigenvalue weighted by Gasteiger charge is -2.25. The van der Waals surface area contributed by atoms with Gasteiger partial charge in [-0.05, 0) is 42.7 Å². The Morgan fingerprint density at radius 3 is 2.43 bits per heavy atom. The van der Waals surface area contributed by atoms with Crippen LogP contribution in [0.3, 0.4) is 0 Å². The number of amides is 1. The monoisotopic (exact) mass is 383 g/mol. The van der Waals surface area contributed by atoms with Crippen molar-refractivity contribution in [2.75, 3.05) is 7.11 Å². The number of aryl methyl sites for hydroxylation is 1. The summed E-state index contributed by atoms with van der Waals surface area (Å²) in [6.07, 6.45) is 0.249. The molecule has 0 radical (unpaired) electrons. The predicted molar refractivity (Wildman–Crippen MR) is 104 cm³/mol. The van der Waals surface area contributed by atoms with E-state index in [9.17, 15) is 14.7 Å². The number of nitrogens with zero attached hydrogens (tertiary/aromatic N) is 1. The van der Waals surface area contributed by atoms with Crippen molar-refractivity contribution in [3.05, 3.63) is 64.8 Å². The molecular weight excluding hydrogens is 358 g/mol. The first-order chi connectivity index (χ1) is 13.3. The molecule has 3 rings (SSSR count). The normalized spacial score (nSPS) is 17.0. The van der Waals surface area contributed by atoms with Crippen LogP contribution in [-0.2, 0) is 16.1 Å². The minimum atomic E-state index is -0.741. The Balaban J connectivity index is 1.98. The maximum Gasteiger partial charge on any atom is 0.290 e. The topological polar surface area (TPSA) is 80.0 Å². The van der Waals surface area contributed by atoms with Crippen molar-refractivity contribution in [1.29, 1.82) is 0 Å². The van der Waals surface area contributed by atoms with Gasteiger partial charge in [0.05, 0.1) is 12.7 Å². The minimum absolute atomic E-state index is 0.109. The first-order valence-corrected chi connectivity index (χ1v) is 9.28. The summed E-state index contributed by atoms with van der Waals surface area (Å²) in [6.45, 7) is 5.88. The van der Waals surface area contributed by atoms with Gasteiger partial charge in [-0.1, -0.05) is 26.0 Å². The van der Waals surface area contributed by atoms with E-state index in [0.29, 0.717) is 17.3 Å². The number of furan rings is 1. The zero-order valence-corrected chi connectivity index (χ0v) is 16.6. The zero-order valence-electron chi connectivity index (χ0n) is 16.6. The summed E-state index contributed by atoms with van der Waals surface area (Å²) in [4.78, 5) is 27.1. The first-order valence-electron chi connectivity index (χ1n) is 9.28. The van der Waals surface area contributed by atoms with E-state index >= 15 is 0 Å². The van der Waals surface area contributed by atoms with Crippen LogP contribution in [0.1, 0.15) is 43.4 Å². The molecular formula is C22H25NO5. The molecule has 1 aliphatic rings. The van der Waals surface area contributed by atoms with Crippen LogP contribution in [0.2, 0.25) is 0 Å². The van der Waals surface area contributed by atoms with Gasteiger partial charge in [-0.15, -0.1) is 0 Å². The Labute approximate surface area is 164 Å². The van der Waals surface area contributed by atoms with E-state index in [1.165, 1.54) is 4.90 Å². The average molecular weight is 383 g/mol. The first kappa shape index (κ1) is 19.7. The van der Waals surface area contributed by atoms with Crippen LogP contribution in [-0.4, -0.2) is 28.8 Å². The third-order valence-electron chi connectivity index (χ3n) is 4.74. The maximum absolute atomic E-state index is 12.8. The molecule has 28 heavy (non-hydrogen) atoms. The highest BCUT2D eigenvalue weighted by molar-refractivity contribution is 6.08. The number of ketones is 1. The number of hydrogen-bond donors (Lipinski definition) is 1. The molecule has 0 spiro atoms. The van der Waals surface area contributed by atoms with E-state index in [-0.39, 0.29) is 30.2 Å². The smallest absolute Gasteiger partial charge is 0.290 e. The molecule has 0 saturated heterocycles. The van der Waals surface area contributed by atoms with Crippen LogP contribution in [0.5, 0.6) is 5.75 Å². The van der Waals surface area contributed by atoms with Gasteiger partial charge in [0.2, 0.25) is 0 Å². The highest BCUT2D eigenvalue weighted by Crippen LogP contribution is 2.40. The number of rotatable bonds is 7. The predicted octanol–water partition coefficient (Wildman–Crippen LogP) is 4.11. The summed E-state index contributed by atoms with van der Waals surface area (Å²) in [5.74, 6) is 0.669. The van der Waals surface area contributed by atoms with Crippen LogP contribution >= 0.6 is 0 Å². The second-order valence-corrected chi connectivity index (χ2v) is 7.42. The number of methoxy groups -OCH3 is 1. The Kier molecular flexibility index (Phi) is 5.58. The number of Topliss-reactive ketones (excluding diaryl/α,β-unsaturated/α-hetero) is 1. The fourth-order valence-electron chi connectivity index (χ4n) is 3.41. The number of ether oxygens (including phenoxy) is 1. The molecule has 6 nitrogen and oxygen atoms in total. The van der Waals surface area contributed by atoms with Crippen LogP contribution in [0.15, 0.2) is 52.1 Å². The minimum Gasteiger partial charge on any atom is -0.503 e. The summed E-state index contributed by atoms with van der Waals surface area (Å²) >= 11 is 0. The highest BCUT2D eigenvalue weighted by atomic mass is 16.5. The van der Waals surface area contributed by atoms with Crippen LogP contribution in [0.4, 0.5) is 0 Å². The van der Waals surface area contributed by atoms with Crippen molar-refractivity contribution in [2.45, 2.75) is 39.8 Å². The van der Waals surface area contributed by atoms with Crippen LogP contribution in [0.25, 0.3) is 0 Å². The number of aliphatic hydroxyl groups is 1. The SMILES string of the molecule is COc1ccc(CN2C(=O)C(O)=C(C(=O)CC(C)C)C2c2ccc(C)o2)cc1. The Hall–Kier alpha value is -3.02. The molecule has 2 heterocycles. The third-order valence-corrected chi connectivity index (χ3v) is 4.74. The van der Waals surface area contributed by atoms with Crippen molar-refractivity contribution < 1.29 is 23.8 Å². The van der Waals surface area contributed by atoms with Gasteiger partial charge in [-0.25, -0.2) is 0 Å². The quantitative estimate of drug-likeness (QED) is 0.778. The Morgan fingerprint density at radius 1 is 1.21 bits per heavy atom. The number of hydrogen-bond acceptors (Lipinski definition) is 5. The molecule has 1 aromatic heterocycles. The van der Waals surface area contributed by atoms with Crippen molar-refractivity contribution in [1.82, 2.24) is 4.90 Å². The second-order valence-electron chi connectivity index (χ2n) is 7.42. The molecule has 1 N–H and O–H groups in total. The van der Waals surface area contributed by atoms with Gasteiger partial charge in [0.15, 0.2) is 11.5 Å². The number of carbonyl (C=O) groups excluding carboxylic acids is 2. The maximum atomic E-state index is 12.8. The summed E-state index contributed by atoms with van der Waals surface area (Å²) < 4.78 is 10.9. The molecule has 2 aromatic rings. The largest absolute Gasteiger partial charge is 0.503 e. The molecule has 0 bridgehead atoms. The van der Waals surface area contributed by atoms with Gasteiger partial charge in [0.1, 0.15) is 23.3 Å². The Bertz CT molecular complexity index is 907.